The van der Waals surface area contributed by atoms with Crippen LogP contribution in [0.25, 0.3) is 0 Å². The molecule has 0 bridgehead atoms. The van der Waals surface area contributed by atoms with Gasteiger partial charge >= 0.3 is 0 Å². The number of rotatable bonds is 3. The van der Waals surface area contributed by atoms with Crippen LogP contribution in [0.5, 0.6) is 0 Å². The van der Waals surface area contributed by atoms with Crippen LogP contribution in [-0.2, 0) is 4.79 Å². The minimum absolute atomic E-state index is 0.00238. The van der Waals surface area contributed by atoms with E-state index in [4.69, 9.17) is 11.6 Å². The first-order valence-electron chi connectivity index (χ1n) is 6.10. The number of halogens is 2. The van der Waals surface area contributed by atoms with Gasteiger partial charge in [-0.15, -0.1) is 0 Å². The molecule has 0 heterocycles. The second-order valence-electron chi connectivity index (χ2n) is 4.32. The molecule has 108 valence electrons. The highest BCUT2D eigenvalue weighted by atomic mass is 35.5. The quantitative estimate of drug-likeness (QED) is 0.908. The molecule has 2 aromatic rings. The van der Waals surface area contributed by atoms with E-state index in [0.717, 1.165) is 0 Å². The molecule has 2 aromatic carbocycles. The van der Waals surface area contributed by atoms with Crippen LogP contribution in [0.4, 0.5) is 15.8 Å². The Hall–Kier alpha value is -2.40. The molecule has 0 atom stereocenters. The molecule has 4 nitrogen and oxygen atoms in total. The molecule has 0 saturated carbocycles. The van der Waals surface area contributed by atoms with E-state index in [0.29, 0.717) is 11.3 Å². The highest BCUT2D eigenvalue weighted by Crippen LogP contribution is 2.22. The van der Waals surface area contributed by atoms with E-state index in [1.165, 1.54) is 31.2 Å². The van der Waals surface area contributed by atoms with Crippen molar-refractivity contribution in [2.45, 2.75) is 6.92 Å². The molecule has 21 heavy (non-hydrogen) atoms. The van der Waals surface area contributed by atoms with E-state index in [1.807, 2.05) is 0 Å². The molecule has 0 aliphatic rings. The number of carbonyl (C=O) groups is 2. The molecule has 0 unspecified atom stereocenters. The monoisotopic (exact) mass is 306 g/mol. The van der Waals surface area contributed by atoms with Crippen molar-refractivity contribution in [3.63, 3.8) is 0 Å². The second-order valence-corrected chi connectivity index (χ2v) is 4.72. The summed E-state index contributed by atoms with van der Waals surface area (Å²) in [6, 6.07) is 10.7. The van der Waals surface area contributed by atoms with Crippen molar-refractivity contribution < 1.29 is 14.0 Å². The molecular formula is C15H12ClFN2O2. The van der Waals surface area contributed by atoms with Gasteiger partial charge in [0.05, 0.1) is 10.7 Å². The molecule has 0 aromatic heterocycles. The summed E-state index contributed by atoms with van der Waals surface area (Å²) in [4.78, 5) is 23.1. The molecule has 0 saturated heterocycles. The molecule has 2 amide bonds. The van der Waals surface area contributed by atoms with Gasteiger partial charge in [0.1, 0.15) is 0 Å². The van der Waals surface area contributed by atoms with Gasteiger partial charge in [-0.05, 0) is 30.3 Å². The lowest BCUT2D eigenvalue weighted by Crippen LogP contribution is -2.14. The van der Waals surface area contributed by atoms with Gasteiger partial charge in [0.2, 0.25) is 5.91 Å². The van der Waals surface area contributed by atoms with Gasteiger partial charge in [0, 0.05) is 18.2 Å². The smallest absolute Gasteiger partial charge is 0.255 e. The predicted octanol–water partition coefficient (Wildman–Crippen LogP) is 3.69. The van der Waals surface area contributed by atoms with Crippen molar-refractivity contribution in [2.24, 2.45) is 0 Å². The van der Waals surface area contributed by atoms with Crippen LogP contribution < -0.4 is 10.6 Å². The van der Waals surface area contributed by atoms with Crippen LogP contribution in [0.2, 0.25) is 5.02 Å². The van der Waals surface area contributed by atoms with Crippen LogP contribution in [0.15, 0.2) is 42.5 Å². The van der Waals surface area contributed by atoms with Gasteiger partial charge in [-0.25, -0.2) is 4.39 Å². The fourth-order valence-electron chi connectivity index (χ4n) is 1.74. The summed E-state index contributed by atoms with van der Waals surface area (Å²) in [7, 11) is 0. The van der Waals surface area contributed by atoms with Crippen LogP contribution in [0.3, 0.4) is 0 Å². The highest BCUT2D eigenvalue weighted by Gasteiger charge is 2.11. The minimum atomic E-state index is -0.689. The lowest BCUT2D eigenvalue weighted by atomic mass is 10.1. The standard InChI is InChI=1S/C15H12ClFN2O2/c1-9(20)18-11-5-2-4-10(8-11)15(21)19-13-7-3-6-12(16)14(13)17/h2-8H,1H3,(H,18,20)(H,19,21). The molecule has 2 N–H and O–H groups in total. The number of hydrogen-bond donors (Lipinski definition) is 2. The zero-order valence-electron chi connectivity index (χ0n) is 11.1. The molecule has 2 rings (SSSR count). The van der Waals surface area contributed by atoms with Gasteiger partial charge in [-0.3, -0.25) is 9.59 Å². The van der Waals surface area contributed by atoms with Crippen molar-refractivity contribution in [3.8, 4) is 0 Å². The summed E-state index contributed by atoms with van der Waals surface area (Å²) in [5.74, 6) is -1.43. The number of amides is 2. The Morgan fingerprint density at radius 2 is 1.81 bits per heavy atom. The Morgan fingerprint density at radius 3 is 2.52 bits per heavy atom. The number of hydrogen-bond acceptors (Lipinski definition) is 2. The van der Waals surface area contributed by atoms with Crippen LogP contribution in [-0.4, -0.2) is 11.8 Å². The Bertz CT molecular complexity index is 704. The SMILES string of the molecule is CC(=O)Nc1cccc(C(=O)Nc2cccc(Cl)c2F)c1. The van der Waals surface area contributed by atoms with E-state index in [9.17, 15) is 14.0 Å². The summed E-state index contributed by atoms with van der Waals surface area (Å²) in [5, 5.41) is 4.94. The van der Waals surface area contributed by atoms with Crippen molar-refractivity contribution in [1.82, 2.24) is 0 Å². The number of carbonyl (C=O) groups excluding carboxylic acids is 2. The van der Waals surface area contributed by atoms with E-state index >= 15 is 0 Å². The normalized spacial score (nSPS) is 10.0. The summed E-state index contributed by atoms with van der Waals surface area (Å²) < 4.78 is 13.7. The lowest BCUT2D eigenvalue weighted by Gasteiger charge is -2.08. The minimum Gasteiger partial charge on any atom is -0.326 e. The molecule has 0 fully saturated rings. The van der Waals surface area contributed by atoms with E-state index in [1.54, 1.807) is 18.2 Å². The largest absolute Gasteiger partial charge is 0.326 e. The van der Waals surface area contributed by atoms with Crippen molar-refractivity contribution >= 4 is 34.8 Å². The maximum atomic E-state index is 13.7. The Kier molecular flexibility index (Phi) is 4.55. The third-order valence-electron chi connectivity index (χ3n) is 2.64. The first-order chi connectivity index (χ1) is 9.97. The molecule has 6 heteroatoms. The van der Waals surface area contributed by atoms with Crippen molar-refractivity contribution in [3.05, 3.63) is 58.9 Å². The van der Waals surface area contributed by atoms with Crippen LogP contribution >= 0.6 is 11.6 Å². The molecule has 0 radical (unpaired) electrons. The number of anilines is 2. The van der Waals surface area contributed by atoms with E-state index in [-0.39, 0.29) is 16.6 Å². The zero-order chi connectivity index (χ0) is 15.4. The molecule has 0 spiro atoms. The number of benzene rings is 2. The van der Waals surface area contributed by atoms with Gasteiger partial charge in [-0.2, -0.15) is 0 Å². The van der Waals surface area contributed by atoms with Gasteiger partial charge < -0.3 is 10.6 Å². The van der Waals surface area contributed by atoms with Gasteiger partial charge in [0.15, 0.2) is 5.82 Å². The first-order valence-corrected chi connectivity index (χ1v) is 6.48. The molecule has 0 aliphatic heterocycles. The van der Waals surface area contributed by atoms with E-state index in [2.05, 4.69) is 10.6 Å². The van der Waals surface area contributed by atoms with Crippen molar-refractivity contribution in [1.29, 1.82) is 0 Å². The Morgan fingerprint density at radius 1 is 1.10 bits per heavy atom. The molecular weight excluding hydrogens is 295 g/mol. The number of nitrogens with one attached hydrogen (secondary N) is 2. The summed E-state index contributed by atoms with van der Waals surface area (Å²) in [6.45, 7) is 1.37. The second kappa shape index (κ2) is 6.37. The fourth-order valence-corrected chi connectivity index (χ4v) is 1.91. The molecule has 0 aliphatic carbocycles. The van der Waals surface area contributed by atoms with Gasteiger partial charge in [0.25, 0.3) is 5.91 Å². The third-order valence-corrected chi connectivity index (χ3v) is 2.94. The van der Waals surface area contributed by atoms with Crippen LogP contribution in [0, 0.1) is 5.82 Å². The van der Waals surface area contributed by atoms with E-state index < -0.39 is 11.7 Å². The van der Waals surface area contributed by atoms with Crippen molar-refractivity contribution in [2.75, 3.05) is 10.6 Å². The fraction of sp³-hybridized carbons (Fsp3) is 0.0667. The van der Waals surface area contributed by atoms with Gasteiger partial charge in [-0.1, -0.05) is 23.7 Å². The van der Waals surface area contributed by atoms with Crippen LogP contribution in [0.1, 0.15) is 17.3 Å². The first kappa shape index (κ1) is 15.0. The maximum absolute atomic E-state index is 13.7. The maximum Gasteiger partial charge on any atom is 0.255 e. The predicted molar refractivity (Wildman–Crippen MR) is 80.1 cm³/mol. The highest BCUT2D eigenvalue weighted by molar-refractivity contribution is 6.31. The average molecular weight is 307 g/mol. The third kappa shape index (κ3) is 3.79. The zero-order valence-corrected chi connectivity index (χ0v) is 11.9. The summed E-state index contributed by atoms with van der Waals surface area (Å²) >= 11 is 5.65. The Balaban J connectivity index is 2.20. The summed E-state index contributed by atoms with van der Waals surface area (Å²) in [5.41, 5.74) is 0.778. The Labute approximate surface area is 125 Å². The lowest BCUT2D eigenvalue weighted by molar-refractivity contribution is -0.114. The topological polar surface area (TPSA) is 58.2 Å². The summed E-state index contributed by atoms with van der Waals surface area (Å²) in [6.07, 6.45) is 0. The average Bonchev–Trinajstić information content (AvgIpc) is 2.43.